The lowest BCUT2D eigenvalue weighted by Gasteiger charge is -2.17. The van der Waals surface area contributed by atoms with Crippen molar-refractivity contribution < 1.29 is 4.92 Å². The van der Waals surface area contributed by atoms with Crippen molar-refractivity contribution in [3.05, 3.63) is 27.9 Å². The third kappa shape index (κ3) is 2.66. The number of aryl methyl sites for hydroxylation is 1. The number of nitrogens with zero attached hydrogens (tertiary/aromatic N) is 3. The molecule has 2 N–H and O–H groups in total. The summed E-state index contributed by atoms with van der Waals surface area (Å²) in [7, 11) is 1.78. The predicted molar refractivity (Wildman–Crippen MR) is 62.6 cm³/mol. The van der Waals surface area contributed by atoms with Gasteiger partial charge in [-0.05, 0) is 26.0 Å². The van der Waals surface area contributed by atoms with Crippen molar-refractivity contribution in [1.82, 2.24) is 4.98 Å². The number of aromatic nitrogens is 1. The van der Waals surface area contributed by atoms with Crippen LogP contribution in [0.4, 0.5) is 11.5 Å². The van der Waals surface area contributed by atoms with Crippen LogP contribution in [0, 0.1) is 17.0 Å². The van der Waals surface area contributed by atoms with Crippen LogP contribution in [-0.2, 0) is 0 Å². The zero-order valence-electron chi connectivity index (χ0n) is 9.51. The van der Waals surface area contributed by atoms with Crippen LogP contribution in [0.25, 0.3) is 0 Å². The molecular weight excluding hydrogens is 208 g/mol. The minimum absolute atomic E-state index is 0.0713. The Hall–Kier alpha value is -1.69. The summed E-state index contributed by atoms with van der Waals surface area (Å²) in [5.41, 5.74) is 6.09. The van der Waals surface area contributed by atoms with Crippen molar-refractivity contribution in [1.29, 1.82) is 0 Å². The minimum atomic E-state index is -0.392. The first kappa shape index (κ1) is 12.4. The highest BCUT2D eigenvalue weighted by atomic mass is 16.6. The molecule has 0 aromatic carbocycles. The quantitative estimate of drug-likeness (QED) is 0.597. The first-order valence-electron chi connectivity index (χ1n) is 5.09. The fourth-order valence-corrected chi connectivity index (χ4v) is 1.48. The second kappa shape index (κ2) is 5.41. The maximum atomic E-state index is 10.9. The van der Waals surface area contributed by atoms with Crippen molar-refractivity contribution in [2.24, 2.45) is 5.73 Å². The van der Waals surface area contributed by atoms with Crippen molar-refractivity contribution >= 4 is 11.5 Å². The molecule has 0 aliphatic heterocycles. The highest BCUT2D eigenvalue weighted by Crippen LogP contribution is 2.27. The molecule has 1 rings (SSSR count). The van der Waals surface area contributed by atoms with E-state index in [-0.39, 0.29) is 5.69 Å². The van der Waals surface area contributed by atoms with E-state index in [1.807, 2.05) is 0 Å². The van der Waals surface area contributed by atoms with Gasteiger partial charge in [-0.15, -0.1) is 0 Å². The van der Waals surface area contributed by atoms with E-state index in [4.69, 9.17) is 5.73 Å². The topological polar surface area (TPSA) is 85.3 Å². The van der Waals surface area contributed by atoms with E-state index in [1.54, 1.807) is 31.1 Å². The molecule has 0 aliphatic rings. The van der Waals surface area contributed by atoms with Gasteiger partial charge in [-0.1, -0.05) is 0 Å². The van der Waals surface area contributed by atoms with Crippen LogP contribution < -0.4 is 10.6 Å². The van der Waals surface area contributed by atoms with Crippen LogP contribution in [0.1, 0.15) is 12.0 Å². The van der Waals surface area contributed by atoms with Gasteiger partial charge in [-0.25, -0.2) is 4.98 Å². The van der Waals surface area contributed by atoms with Gasteiger partial charge >= 0.3 is 5.69 Å². The van der Waals surface area contributed by atoms with Crippen LogP contribution in [0.3, 0.4) is 0 Å². The summed E-state index contributed by atoms with van der Waals surface area (Å²) >= 11 is 0. The summed E-state index contributed by atoms with van der Waals surface area (Å²) in [4.78, 5) is 16.4. The van der Waals surface area contributed by atoms with Crippen LogP contribution in [0.15, 0.2) is 12.3 Å². The average molecular weight is 224 g/mol. The largest absolute Gasteiger partial charge is 0.354 e. The number of anilines is 1. The molecule has 1 aromatic heterocycles. The Bertz CT molecular complexity index is 381. The van der Waals surface area contributed by atoms with Gasteiger partial charge in [-0.2, -0.15) is 0 Å². The fraction of sp³-hybridized carbons (Fsp3) is 0.500. The molecule has 6 heteroatoms. The molecule has 0 fully saturated rings. The third-order valence-corrected chi connectivity index (χ3v) is 2.35. The molecule has 1 heterocycles. The molecule has 16 heavy (non-hydrogen) atoms. The molecule has 0 radical (unpaired) electrons. The molecule has 88 valence electrons. The summed E-state index contributed by atoms with van der Waals surface area (Å²) in [5, 5.41) is 10.9. The monoisotopic (exact) mass is 224 g/mol. The summed E-state index contributed by atoms with van der Waals surface area (Å²) in [6.45, 7) is 2.93. The Morgan fingerprint density at radius 3 is 2.88 bits per heavy atom. The number of hydrogen-bond acceptors (Lipinski definition) is 5. The maximum Gasteiger partial charge on any atom is 0.314 e. The van der Waals surface area contributed by atoms with E-state index in [0.717, 1.165) is 6.42 Å². The number of nitrogens with two attached hydrogens (primary N) is 1. The smallest absolute Gasteiger partial charge is 0.314 e. The maximum absolute atomic E-state index is 10.9. The molecule has 0 saturated carbocycles. The summed E-state index contributed by atoms with van der Waals surface area (Å²) in [5.74, 6) is 0.401. The normalized spacial score (nSPS) is 10.2. The molecule has 0 unspecified atom stereocenters. The number of hydrogen-bond donors (Lipinski definition) is 1. The van der Waals surface area contributed by atoms with Crippen molar-refractivity contribution in [2.45, 2.75) is 13.3 Å². The summed E-state index contributed by atoms with van der Waals surface area (Å²) < 4.78 is 0. The highest BCUT2D eigenvalue weighted by molar-refractivity contribution is 5.60. The Morgan fingerprint density at radius 1 is 1.62 bits per heavy atom. The molecule has 6 nitrogen and oxygen atoms in total. The third-order valence-electron chi connectivity index (χ3n) is 2.35. The van der Waals surface area contributed by atoms with Gasteiger partial charge in [0.05, 0.1) is 4.92 Å². The Balaban J connectivity index is 3.02. The Labute approximate surface area is 94.2 Å². The second-order valence-corrected chi connectivity index (χ2v) is 3.62. The number of pyridine rings is 1. The lowest BCUT2D eigenvalue weighted by Crippen LogP contribution is -2.23. The van der Waals surface area contributed by atoms with Gasteiger partial charge in [0.2, 0.25) is 5.82 Å². The predicted octanol–water partition coefficient (Wildman–Crippen LogP) is 1.08. The first-order chi connectivity index (χ1) is 7.57. The average Bonchev–Trinajstić information content (AvgIpc) is 2.24. The van der Waals surface area contributed by atoms with Gasteiger partial charge in [0.25, 0.3) is 0 Å². The van der Waals surface area contributed by atoms with Gasteiger partial charge in [0, 0.05) is 25.4 Å². The lowest BCUT2D eigenvalue weighted by atomic mass is 10.2. The van der Waals surface area contributed by atoms with Crippen LogP contribution in [-0.4, -0.2) is 30.0 Å². The van der Waals surface area contributed by atoms with Crippen LogP contribution >= 0.6 is 0 Å². The van der Waals surface area contributed by atoms with Crippen LogP contribution in [0.5, 0.6) is 0 Å². The van der Waals surface area contributed by atoms with Crippen LogP contribution in [0.2, 0.25) is 0 Å². The van der Waals surface area contributed by atoms with Crippen molar-refractivity contribution in [2.75, 3.05) is 25.0 Å². The first-order valence-corrected chi connectivity index (χ1v) is 5.09. The summed E-state index contributed by atoms with van der Waals surface area (Å²) in [6, 6.07) is 1.64. The number of nitro groups is 1. The second-order valence-electron chi connectivity index (χ2n) is 3.62. The molecular formula is C10H16N4O2. The minimum Gasteiger partial charge on any atom is -0.354 e. The molecule has 0 atom stereocenters. The van der Waals surface area contributed by atoms with E-state index in [9.17, 15) is 10.1 Å². The van der Waals surface area contributed by atoms with E-state index in [0.29, 0.717) is 24.5 Å². The molecule has 1 aromatic rings. The zero-order valence-corrected chi connectivity index (χ0v) is 9.51. The lowest BCUT2D eigenvalue weighted by molar-refractivity contribution is -0.384. The highest BCUT2D eigenvalue weighted by Gasteiger charge is 2.20. The standard InChI is InChI=1S/C10H16N4O2/c1-8-4-6-12-10(9(8)14(15)16)13(2)7-3-5-11/h4,6H,3,5,7,11H2,1-2H3. The van der Waals surface area contributed by atoms with E-state index < -0.39 is 4.92 Å². The van der Waals surface area contributed by atoms with E-state index >= 15 is 0 Å². The van der Waals surface area contributed by atoms with Crippen molar-refractivity contribution in [3.8, 4) is 0 Å². The van der Waals surface area contributed by atoms with Gasteiger partial charge in [-0.3, -0.25) is 10.1 Å². The zero-order chi connectivity index (χ0) is 12.1. The number of rotatable bonds is 5. The molecule has 0 amide bonds. The fourth-order valence-electron chi connectivity index (χ4n) is 1.48. The van der Waals surface area contributed by atoms with E-state index in [1.165, 1.54) is 0 Å². The van der Waals surface area contributed by atoms with E-state index in [2.05, 4.69) is 4.98 Å². The molecule has 0 aliphatic carbocycles. The van der Waals surface area contributed by atoms with Gasteiger partial charge in [0.15, 0.2) is 0 Å². The Morgan fingerprint density at radius 2 is 2.31 bits per heavy atom. The molecule has 0 spiro atoms. The van der Waals surface area contributed by atoms with Gasteiger partial charge in [0.1, 0.15) is 0 Å². The Kier molecular flexibility index (Phi) is 4.19. The van der Waals surface area contributed by atoms with Crippen molar-refractivity contribution in [3.63, 3.8) is 0 Å². The SMILES string of the molecule is Cc1ccnc(N(C)CCCN)c1[N+](=O)[O-]. The summed E-state index contributed by atoms with van der Waals surface area (Å²) in [6.07, 6.45) is 2.36. The van der Waals surface area contributed by atoms with Gasteiger partial charge < -0.3 is 10.6 Å². The molecule has 0 bridgehead atoms. The molecule has 0 saturated heterocycles.